The minimum absolute atomic E-state index is 0.220. The first-order valence-corrected chi connectivity index (χ1v) is 5.20. The number of hydrogen-bond donors (Lipinski definition) is 0. The Balaban J connectivity index is 2.22. The first-order chi connectivity index (χ1) is 7.23. The molecule has 0 atom stereocenters. The van der Waals surface area contributed by atoms with Crippen molar-refractivity contribution in [2.75, 3.05) is 0 Å². The number of carbonyl (C=O) groups is 1. The van der Waals surface area contributed by atoms with Crippen molar-refractivity contribution in [3.05, 3.63) is 60.2 Å². The molecule has 0 amide bonds. The minimum Gasteiger partial charge on any atom is -0.301 e. The van der Waals surface area contributed by atoms with Crippen LogP contribution >= 0.6 is 11.6 Å². The Labute approximate surface area is 94.1 Å². The molecule has 76 valence electrons. The number of allylic oxidation sites excluding steroid dienone is 4. The highest BCUT2D eigenvalue weighted by molar-refractivity contribution is 6.34. The van der Waals surface area contributed by atoms with E-state index in [4.69, 9.17) is 11.6 Å². The monoisotopic (exact) mass is 218 g/mol. The second-order valence-electron chi connectivity index (χ2n) is 3.60. The van der Waals surface area contributed by atoms with E-state index in [1.807, 2.05) is 30.4 Å². The van der Waals surface area contributed by atoms with E-state index in [9.17, 15) is 4.79 Å². The zero-order valence-electron chi connectivity index (χ0n) is 8.14. The second kappa shape index (κ2) is 4.03. The van der Waals surface area contributed by atoms with Crippen LogP contribution in [0.5, 0.6) is 0 Å². The molecule has 1 aromatic carbocycles. The first-order valence-electron chi connectivity index (χ1n) is 4.82. The number of carbonyl (C=O) groups excluding carboxylic acids is 1. The topological polar surface area (TPSA) is 17.1 Å². The molecular weight excluding hydrogens is 208 g/mol. The van der Waals surface area contributed by atoms with Gasteiger partial charge in [-0.3, -0.25) is 0 Å². The third-order valence-corrected chi connectivity index (χ3v) is 2.82. The summed E-state index contributed by atoms with van der Waals surface area (Å²) in [5, 5.41) is 0. The second-order valence-corrected chi connectivity index (χ2v) is 4.25. The maximum Gasteiger partial charge on any atom is 0.148 e. The molecule has 0 bridgehead atoms. The average Bonchev–Trinajstić information content (AvgIpc) is 2.31. The van der Waals surface area contributed by atoms with E-state index >= 15 is 0 Å². The molecule has 0 saturated carbocycles. The lowest BCUT2D eigenvalue weighted by Crippen LogP contribution is -2.19. The summed E-state index contributed by atoms with van der Waals surface area (Å²) in [7, 11) is 0. The van der Waals surface area contributed by atoms with E-state index in [1.165, 1.54) is 5.56 Å². The fraction of sp³-hybridized carbons (Fsp3) is 0.154. The van der Waals surface area contributed by atoms with Crippen molar-refractivity contribution in [1.82, 2.24) is 0 Å². The summed E-state index contributed by atoms with van der Waals surface area (Å²) in [6, 6.07) is 10.1. The van der Waals surface area contributed by atoms with Crippen LogP contribution < -0.4 is 0 Å². The van der Waals surface area contributed by atoms with Gasteiger partial charge in [0.15, 0.2) is 0 Å². The lowest BCUT2D eigenvalue weighted by molar-refractivity contribution is -0.108. The van der Waals surface area contributed by atoms with Gasteiger partial charge in [0.1, 0.15) is 11.2 Å². The zero-order chi connectivity index (χ0) is 10.7. The predicted octanol–water partition coefficient (Wildman–Crippen LogP) is 3.07. The van der Waals surface area contributed by atoms with Crippen molar-refractivity contribution in [3.8, 4) is 0 Å². The molecule has 1 aromatic rings. The van der Waals surface area contributed by atoms with Gasteiger partial charge in [-0.15, -0.1) is 11.6 Å². The molecule has 0 N–H and O–H groups in total. The Hall–Kier alpha value is -1.34. The fourth-order valence-electron chi connectivity index (χ4n) is 1.60. The van der Waals surface area contributed by atoms with Gasteiger partial charge in [0.25, 0.3) is 0 Å². The maximum atomic E-state index is 10.7. The third-order valence-electron chi connectivity index (χ3n) is 2.48. The molecule has 0 aliphatic heterocycles. The average molecular weight is 219 g/mol. The summed E-state index contributed by atoms with van der Waals surface area (Å²) in [6.45, 7) is 0. The van der Waals surface area contributed by atoms with Crippen LogP contribution in [0.15, 0.2) is 54.6 Å². The van der Waals surface area contributed by atoms with Crippen LogP contribution in [0.25, 0.3) is 0 Å². The summed E-state index contributed by atoms with van der Waals surface area (Å²) >= 11 is 5.97. The first kappa shape index (κ1) is 10.2. The molecule has 2 heteroatoms. The number of halogens is 1. The quantitative estimate of drug-likeness (QED) is 0.424. The van der Waals surface area contributed by atoms with Gasteiger partial charge in [0.2, 0.25) is 0 Å². The highest BCUT2D eigenvalue weighted by Crippen LogP contribution is 2.28. The van der Waals surface area contributed by atoms with Gasteiger partial charge in [-0.05, 0) is 5.56 Å². The molecule has 0 saturated heterocycles. The smallest absolute Gasteiger partial charge is 0.148 e. The summed E-state index contributed by atoms with van der Waals surface area (Å²) in [6.07, 6.45) is 8.12. The summed E-state index contributed by atoms with van der Waals surface area (Å²) < 4.78 is 0. The van der Waals surface area contributed by atoms with Crippen molar-refractivity contribution in [2.24, 2.45) is 0 Å². The number of benzene rings is 1. The molecule has 0 fully saturated rings. The van der Waals surface area contributed by atoms with Crippen LogP contribution in [0.1, 0.15) is 11.5 Å². The van der Waals surface area contributed by atoms with Crippen LogP contribution in [-0.4, -0.2) is 11.2 Å². The minimum atomic E-state index is -0.939. The standard InChI is InChI=1S/C13H11ClO/c14-13(10-15)8-6-12(7-9-13)11-4-2-1-3-5-11/h1-10,12H. The molecule has 0 radical (unpaired) electrons. The Kier molecular flexibility index (Phi) is 2.74. The van der Waals surface area contributed by atoms with E-state index in [0.29, 0.717) is 0 Å². The molecule has 0 heterocycles. The van der Waals surface area contributed by atoms with Crippen LogP contribution in [0, 0.1) is 0 Å². The van der Waals surface area contributed by atoms with Gasteiger partial charge in [-0.2, -0.15) is 0 Å². The zero-order valence-corrected chi connectivity index (χ0v) is 8.89. The van der Waals surface area contributed by atoms with Gasteiger partial charge in [0, 0.05) is 5.92 Å². The number of hydrogen-bond acceptors (Lipinski definition) is 1. The number of alkyl halides is 1. The number of aldehydes is 1. The SMILES string of the molecule is O=CC1(Cl)C=CC(c2ccccc2)C=C1. The normalized spacial score (nSPS) is 29.0. The van der Waals surface area contributed by atoms with Crippen molar-refractivity contribution >= 4 is 17.9 Å². The summed E-state index contributed by atoms with van der Waals surface area (Å²) in [4.78, 5) is 9.75. The highest BCUT2D eigenvalue weighted by atomic mass is 35.5. The van der Waals surface area contributed by atoms with E-state index in [-0.39, 0.29) is 5.92 Å². The van der Waals surface area contributed by atoms with E-state index < -0.39 is 4.87 Å². The molecule has 2 rings (SSSR count). The van der Waals surface area contributed by atoms with E-state index in [1.54, 1.807) is 12.2 Å². The molecular formula is C13H11ClO. The molecule has 0 aromatic heterocycles. The van der Waals surface area contributed by atoms with Gasteiger partial charge in [0.05, 0.1) is 0 Å². The molecule has 15 heavy (non-hydrogen) atoms. The highest BCUT2D eigenvalue weighted by Gasteiger charge is 2.23. The van der Waals surface area contributed by atoms with Crippen LogP contribution in [0.2, 0.25) is 0 Å². The maximum absolute atomic E-state index is 10.7. The van der Waals surface area contributed by atoms with Gasteiger partial charge in [-0.1, -0.05) is 54.6 Å². The van der Waals surface area contributed by atoms with Crippen LogP contribution in [0.3, 0.4) is 0 Å². The van der Waals surface area contributed by atoms with Crippen molar-refractivity contribution in [1.29, 1.82) is 0 Å². The lowest BCUT2D eigenvalue weighted by Gasteiger charge is -2.19. The summed E-state index contributed by atoms with van der Waals surface area (Å²) in [5.41, 5.74) is 1.20. The molecule has 1 nitrogen and oxygen atoms in total. The predicted molar refractivity (Wildman–Crippen MR) is 62.1 cm³/mol. The largest absolute Gasteiger partial charge is 0.301 e. The summed E-state index contributed by atoms with van der Waals surface area (Å²) in [5.74, 6) is 0.220. The fourth-order valence-corrected chi connectivity index (χ4v) is 1.74. The Morgan fingerprint density at radius 3 is 2.27 bits per heavy atom. The molecule has 0 unspecified atom stereocenters. The molecule has 1 aliphatic carbocycles. The Morgan fingerprint density at radius 2 is 1.73 bits per heavy atom. The molecule has 1 aliphatic rings. The number of rotatable bonds is 2. The van der Waals surface area contributed by atoms with Gasteiger partial charge < -0.3 is 4.79 Å². The Bertz CT molecular complexity index is 392. The Morgan fingerprint density at radius 1 is 1.13 bits per heavy atom. The van der Waals surface area contributed by atoms with E-state index in [2.05, 4.69) is 12.1 Å². The third kappa shape index (κ3) is 2.18. The lowest BCUT2D eigenvalue weighted by atomic mass is 9.91. The van der Waals surface area contributed by atoms with Gasteiger partial charge in [-0.25, -0.2) is 0 Å². The van der Waals surface area contributed by atoms with Crippen LogP contribution in [-0.2, 0) is 4.79 Å². The van der Waals surface area contributed by atoms with Crippen molar-refractivity contribution in [2.45, 2.75) is 10.8 Å². The molecule has 0 spiro atoms. The van der Waals surface area contributed by atoms with Gasteiger partial charge >= 0.3 is 0 Å². The van der Waals surface area contributed by atoms with Crippen molar-refractivity contribution in [3.63, 3.8) is 0 Å². The van der Waals surface area contributed by atoms with Crippen molar-refractivity contribution < 1.29 is 4.79 Å². The van der Waals surface area contributed by atoms with Crippen LogP contribution in [0.4, 0.5) is 0 Å². The van der Waals surface area contributed by atoms with E-state index in [0.717, 1.165) is 6.29 Å².